The highest BCUT2D eigenvalue weighted by Gasteiger charge is 2.28. The second-order valence-electron chi connectivity index (χ2n) is 6.82. The van der Waals surface area contributed by atoms with Crippen LogP contribution in [-0.4, -0.2) is 48.8 Å². The van der Waals surface area contributed by atoms with E-state index in [-0.39, 0.29) is 30.2 Å². The van der Waals surface area contributed by atoms with Gasteiger partial charge in [0.1, 0.15) is 0 Å². The highest BCUT2D eigenvalue weighted by atomic mass is 16.2. The number of hydrogen-bond donors (Lipinski definition) is 1. The fourth-order valence-electron chi connectivity index (χ4n) is 3.72. The Bertz CT molecular complexity index is 716. The Labute approximate surface area is 153 Å². The third-order valence-corrected chi connectivity index (χ3v) is 5.10. The molecule has 1 fully saturated rings. The molecule has 1 aromatic carbocycles. The minimum absolute atomic E-state index is 0.0148. The molecular weight excluding hydrogens is 330 g/mol. The molecule has 1 aromatic rings. The third kappa shape index (κ3) is 3.95. The lowest BCUT2D eigenvalue weighted by atomic mass is 9.97. The van der Waals surface area contributed by atoms with Crippen molar-refractivity contribution in [2.24, 2.45) is 5.92 Å². The summed E-state index contributed by atoms with van der Waals surface area (Å²) in [7, 11) is 0. The number of hydrogen-bond acceptors (Lipinski definition) is 3. The van der Waals surface area contributed by atoms with Crippen molar-refractivity contribution in [1.82, 2.24) is 10.2 Å². The summed E-state index contributed by atoms with van der Waals surface area (Å²) >= 11 is 0. The van der Waals surface area contributed by atoms with Crippen LogP contribution in [0, 0.1) is 5.92 Å². The minimum Gasteiger partial charge on any atom is -0.347 e. The van der Waals surface area contributed by atoms with Gasteiger partial charge in [-0.2, -0.15) is 0 Å². The molecule has 3 rings (SSSR count). The van der Waals surface area contributed by atoms with E-state index in [2.05, 4.69) is 11.9 Å². The average Bonchev–Trinajstić information content (AvgIpc) is 2.70. The number of piperidine rings is 1. The molecule has 1 N–H and O–H groups in total. The van der Waals surface area contributed by atoms with E-state index in [9.17, 15) is 14.4 Å². The largest absolute Gasteiger partial charge is 0.347 e. The van der Waals surface area contributed by atoms with Crippen LogP contribution in [0.25, 0.3) is 0 Å². The Morgan fingerprint density at radius 3 is 2.81 bits per heavy atom. The van der Waals surface area contributed by atoms with E-state index in [0.717, 1.165) is 31.4 Å². The van der Waals surface area contributed by atoms with Gasteiger partial charge in [0.2, 0.25) is 17.7 Å². The van der Waals surface area contributed by atoms with Crippen LogP contribution in [0.3, 0.4) is 0 Å². The Hall–Kier alpha value is -2.63. The van der Waals surface area contributed by atoms with Gasteiger partial charge in [-0.25, -0.2) is 0 Å². The van der Waals surface area contributed by atoms with Crippen LogP contribution in [-0.2, 0) is 20.8 Å². The van der Waals surface area contributed by atoms with E-state index in [1.54, 1.807) is 9.80 Å². The fraction of sp³-hybridized carbons (Fsp3) is 0.450. The van der Waals surface area contributed by atoms with Gasteiger partial charge in [-0.3, -0.25) is 14.4 Å². The molecule has 0 aliphatic carbocycles. The number of amides is 3. The molecule has 1 saturated heterocycles. The van der Waals surface area contributed by atoms with Gasteiger partial charge in [0.15, 0.2) is 0 Å². The van der Waals surface area contributed by atoms with E-state index < -0.39 is 0 Å². The Kier molecular flexibility index (Phi) is 5.71. The summed E-state index contributed by atoms with van der Waals surface area (Å²) < 4.78 is 0. The number of likely N-dealkylation sites (tertiary alicyclic amines) is 1. The van der Waals surface area contributed by atoms with E-state index in [1.807, 2.05) is 24.3 Å². The van der Waals surface area contributed by atoms with Crippen LogP contribution >= 0.6 is 0 Å². The fourth-order valence-corrected chi connectivity index (χ4v) is 3.72. The summed E-state index contributed by atoms with van der Waals surface area (Å²) in [5, 5.41) is 2.76. The van der Waals surface area contributed by atoms with E-state index >= 15 is 0 Å². The van der Waals surface area contributed by atoms with Crippen molar-refractivity contribution in [2.45, 2.75) is 25.7 Å². The highest BCUT2D eigenvalue weighted by Crippen LogP contribution is 2.26. The van der Waals surface area contributed by atoms with E-state index in [1.165, 1.54) is 11.6 Å². The number of anilines is 1. The molecule has 26 heavy (non-hydrogen) atoms. The molecular formula is C20H25N3O3. The van der Waals surface area contributed by atoms with Crippen LogP contribution in [0.1, 0.15) is 24.8 Å². The van der Waals surface area contributed by atoms with Crippen molar-refractivity contribution in [3.8, 4) is 0 Å². The summed E-state index contributed by atoms with van der Waals surface area (Å²) in [5.74, 6) is -0.678. The summed E-state index contributed by atoms with van der Waals surface area (Å²) in [5.41, 5.74) is 2.11. The summed E-state index contributed by atoms with van der Waals surface area (Å²) in [4.78, 5) is 40.2. The minimum atomic E-state index is -0.269. The second-order valence-corrected chi connectivity index (χ2v) is 6.82. The van der Waals surface area contributed by atoms with Crippen molar-refractivity contribution >= 4 is 23.4 Å². The second kappa shape index (κ2) is 8.17. The number of nitrogens with zero attached hydrogens (tertiary/aromatic N) is 2. The predicted octanol–water partition coefficient (Wildman–Crippen LogP) is 1.51. The van der Waals surface area contributed by atoms with Crippen LogP contribution in [0.4, 0.5) is 5.69 Å². The predicted molar refractivity (Wildman–Crippen MR) is 99.6 cm³/mol. The van der Waals surface area contributed by atoms with Gasteiger partial charge in [0, 0.05) is 25.3 Å². The molecule has 0 bridgehead atoms. The van der Waals surface area contributed by atoms with Crippen molar-refractivity contribution in [2.75, 3.05) is 31.1 Å². The zero-order valence-electron chi connectivity index (χ0n) is 14.9. The number of carbonyl (C=O) groups is 3. The third-order valence-electron chi connectivity index (χ3n) is 5.10. The lowest BCUT2D eigenvalue weighted by Crippen LogP contribution is -2.48. The van der Waals surface area contributed by atoms with Crippen molar-refractivity contribution in [3.63, 3.8) is 0 Å². The summed E-state index contributed by atoms with van der Waals surface area (Å²) in [6, 6.07) is 7.90. The molecule has 0 radical (unpaired) electrons. The van der Waals surface area contributed by atoms with Gasteiger partial charge < -0.3 is 15.1 Å². The number of para-hydroxylation sites is 1. The van der Waals surface area contributed by atoms with Gasteiger partial charge in [0.25, 0.3) is 0 Å². The number of aryl methyl sites for hydroxylation is 1. The Morgan fingerprint density at radius 1 is 1.19 bits per heavy atom. The maximum Gasteiger partial charge on any atom is 0.246 e. The molecule has 0 spiro atoms. The molecule has 0 saturated carbocycles. The lowest BCUT2D eigenvalue weighted by molar-refractivity contribution is -0.133. The van der Waals surface area contributed by atoms with Gasteiger partial charge in [-0.1, -0.05) is 24.8 Å². The van der Waals surface area contributed by atoms with Crippen molar-refractivity contribution in [1.29, 1.82) is 0 Å². The van der Waals surface area contributed by atoms with E-state index in [0.29, 0.717) is 19.6 Å². The topological polar surface area (TPSA) is 69.7 Å². The number of benzene rings is 1. The number of nitrogens with one attached hydrogen (secondary N) is 1. The Balaban J connectivity index is 1.56. The van der Waals surface area contributed by atoms with Crippen LogP contribution in [0.2, 0.25) is 0 Å². The quantitative estimate of drug-likeness (QED) is 0.833. The lowest BCUT2D eigenvalue weighted by Gasteiger charge is -2.32. The van der Waals surface area contributed by atoms with Gasteiger partial charge >= 0.3 is 0 Å². The van der Waals surface area contributed by atoms with Crippen LogP contribution in [0.15, 0.2) is 36.9 Å². The van der Waals surface area contributed by atoms with Gasteiger partial charge in [0.05, 0.1) is 12.5 Å². The van der Waals surface area contributed by atoms with Gasteiger partial charge in [-0.05, 0) is 43.4 Å². The van der Waals surface area contributed by atoms with Gasteiger partial charge in [-0.15, -0.1) is 0 Å². The monoisotopic (exact) mass is 355 g/mol. The molecule has 0 aromatic heterocycles. The maximum absolute atomic E-state index is 12.6. The first-order valence-corrected chi connectivity index (χ1v) is 9.17. The first kappa shape index (κ1) is 18.2. The smallest absolute Gasteiger partial charge is 0.246 e. The molecule has 1 atom stereocenters. The summed E-state index contributed by atoms with van der Waals surface area (Å²) in [6.07, 6.45) is 4.69. The number of fused-ring (bicyclic) bond motifs is 1. The van der Waals surface area contributed by atoms with E-state index in [4.69, 9.17) is 0 Å². The summed E-state index contributed by atoms with van der Waals surface area (Å²) in [6.45, 7) is 5.19. The molecule has 3 amide bonds. The zero-order valence-corrected chi connectivity index (χ0v) is 14.9. The van der Waals surface area contributed by atoms with Crippen LogP contribution < -0.4 is 10.2 Å². The molecule has 2 aliphatic rings. The zero-order chi connectivity index (χ0) is 18.5. The normalized spacial score (nSPS) is 19.5. The first-order valence-electron chi connectivity index (χ1n) is 9.17. The molecule has 138 valence electrons. The average molecular weight is 355 g/mol. The molecule has 2 heterocycles. The number of rotatable bonds is 4. The highest BCUT2D eigenvalue weighted by molar-refractivity contribution is 5.98. The first-order chi connectivity index (χ1) is 12.6. The van der Waals surface area contributed by atoms with Crippen molar-refractivity contribution in [3.05, 3.63) is 42.5 Å². The molecule has 6 heteroatoms. The standard InChI is InChI=1S/C20H25N3O3/c1-2-18(24)22-11-5-9-16(14-22)20(26)21-13-19(25)23-12-6-8-15-7-3-4-10-17(15)23/h2-4,7,10,16H,1,5-6,8-9,11-14H2,(H,21,26). The SMILES string of the molecule is C=CC(=O)N1CCCC(C(=O)NCC(=O)N2CCCc3ccccc32)C1. The van der Waals surface area contributed by atoms with Crippen LogP contribution in [0.5, 0.6) is 0 Å². The molecule has 6 nitrogen and oxygen atoms in total. The van der Waals surface area contributed by atoms with Crippen molar-refractivity contribution < 1.29 is 14.4 Å². The molecule has 1 unspecified atom stereocenters. The molecule has 2 aliphatic heterocycles. The number of carbonyl (C=O) groups excluding carboxylic acids is 3. The Morgan fingerprint density at radius 2 is 2.00 bits per heavy atom. The maximum atomic E-state index is 12.6.